The number of allylic oxidation sites excluding steroid dienone is 2. The van der Waals surface area contributed by atoms with Gasteiger partial charge in [-0.3, -0.25) is 0 Å². The molecule has 1 nitrogen and oxygen atoms in total. The number of rotatable bonds is 5. The van der Waals surface area contributed by atoms with Crippen LogP contribution in [0.2, 0.25) is 0 Å². The summed E-state index contributed by atoms with van der Waals surface area (Å²) in [5.41, 5.74) is 11.5. The molecule has 0 amide bonds. The molecule has 0 aliphatic rings. The van der Waals surface area contributed by atoms with Crippen LogP contribution in [0, 0.1) is 6.92 Å². The average Bonchev–Trinajstić information content (AvgIpc) is 3.52. The van der Waals surface area contributed by atoms with Crippen LogP contribution in [0.4, 0.5) is 0 Å². The van der Waals surface area contributed by atoms with E-state index in [0.29, 0.717) is 0 Å². The van der Waals surface area contributed by atoms with Crippen LogP contribution >= 0.6 is 0 Å². The Bertz CT molecular complexity index is 2700. The second-order valence-electron chi connectivity index (χ2n) is 12.5. The summed E-state index contributed by atoms with van der Waals surface area (Å²) in [5, 5.41) is 9.72. The first-order chi connectivity index (χ1) is 23.7. The SMILES string of the molecule is C=C/C=C\c1ccc2c(oc3ccc(-c4c5ccccc5c(-c5ccccc5-c5ccc6ccccc6c5)c5ccccc45)cc32)c1C. The summed E-state index contributed by atoms with van der Waals surface area (Å²) in [6, 6.07) is 53.0. The molecule has 0 unspecified atom stereocenters. The lowest BCUT2D eigenvalue weighted by atomic mass is 9.83. The first-order valence-corrected chi connectivity index (χ1v) is 16.5. The third-order valence-corrected chi connectivity index (χ3v) is 9.82. The van der Waals surface area contributed by atoms with Gasteiger partial charge in [0, 0.05) is 10.8 Å². The predicted octanol–water partition coefficient (Wildman–Crippen LogP) is 13.6. The normalized spacial score (nSPS) is 11.9. The van der Waals surface area contributed by atoms with Gasteiger partial charge in [0.05, 0.1) is 0 Å². The molecule has 226 valence electrons. The van der Waals surface area contributed by atoms with Gasteiger partial charge in [-0.05, 0) is 108 Å². The van der Waals surface area contributed by atoms with Gasteiger partial charge in [-0.15, -0.1) is 0 Å². The fraction of sp³-hybridized carbons (Fsp3) is 0.0213. The van der Waals surface area contributed by atoms with Crippen LogP contribution in [0.3, 0.4) is 0 Å². The van der Waals surface area contributed by atoms with Gasteiger partial charge in [0.15, 0.2) is 0 Å². The van der Waals surface area contributed by atoms with Crippen molar-refractivity contribution in [2.24, 2.45) is 0 Å². The van der Waals surface area contributed by atoms with Crippen molar-refractivity contribution in [2.45, 2.75) is 6.92 Å². The van der Waals surface area contributed by atoms with Crippen LogP contribution in [-0.4, -0.2) is 0 Å². The third kappa shape index (κ3) is 4.40. The fourth-order valence-electron chi connectivity index (χ4n) is 7.54. The van der Waals surface area contributed by atoms with Crippen molar-refractivity contribution in [1.29, 1.82) is 0 Å². The zero-order valence-corrected chi connectivity index (χ0v) is 26.7. The van der Waals surface area contributed by atoms with E-state index >= 15 is 0 Å². The quantitative estimate of drug-likeness (QED) is 0.139. The maximum atomic E-state index is 6.47. The highest BCUT2D eigenvalue weighted by Gasteiger charge is 2.20. The molecular formula is C47H32O. The lowest BCUT2D eigenvalue weighted by molar-refractivity contribution is 0.665. The Morgan fingerprint density at radius 3 is 1.85 bits per heavy atom. The first kappa shape index (κ1) is 28.1. The Morgan fingerprint density at radius 2 is 1.12 bits per heavy atom. The number of hydrogen-bond donors (Lipinski definition) is 0. The Morgan fingerprint density at radius 1 is 0.500 bits per heavy atom. The summed E-state index contributed by atoms with van der Waals surface area (Å²) in [6.45, 7) is 5.95. The van der Waals surface area contributed by atoms with Crippen LogP contribution in [-0.2, 0) is 0 Å². The van der Waals surface area contributed by atoms with E-state index in [-0.39, 0.29) is 0 Å². The summed E-state index contributed by atoms with van der Waals surface area (Å²) < 4.78 is 6.47. The van der Waals surface area contributed by atoms with E-state index < -0.39 is 0 Å². The lowest BCUT2D eigenvalue weighted by Crippen LogP contribution is -1.92. The summed E-state index contributed by atoms with van der Waals surface area (Å²) in [4.78, 5) is 0. The molecule has 0 radical (unpaired) electrons. The van der Waals surface area contributed by atoms with E-state index in [1.807, 2.05) is 6.08 Å². The molecule has 0 fully saturated rings. The van der Waals surface area contributed by atoms with Gasteiger partial charge in [0.2, 0.25) is 0 Å². The minimum atomic E-state index is 0.899. The van der Waals surface area contributed by atoms with Crippen molar-refractivity contribution < 1.29 is 4.42 Å². The molecule has 1 heterocycles. The van der Waals surface area contributed by atoms with Crippen molar-refractivity contribution in [3.05, 3.63) is 175 Å². The summed E-state index contributed by atoms with van der Waals surface area (Å²) in [6.07, 6.45) is 5.85. The summed E-state index contributed by atoms with van der Waals surface area (Å²) in [5.74, 6) is 0. The number of furan rings is 1. The van der Waals surface area contributed by atoms with Crippen molar-refractivity contribution in [3.63, 3.8) is 0 Å². The topological polar surface area (TPSA) is 13.1 Å². The maximum absolute atomic E-state index is 6.47. The van der Waals surface area contributed by atoms with Gasteiger partial charge in [0.1, 0.15) is 11.2 Å². The Hall–Kier alpha value is -6.18. The molecule has 9 rings (SSSR count). The predicted molar refractivity (Wildman–Crippen MR) is 207 cm³/mol. The number of hydrogen-bond acceptors (Lipinski definition) is 1. The smallest absolute Gasteiger partial charge is 0.138 e. The molecule has 0 aliphatic carbocycles. The minimum Gasteiger partial charge on any atom is -0.456 e. The van der Waals surface area contributed by atoms with Gasteiger partial charge in [-0.2, -0.15) is 0 Å². The molecule has 48 heavy (non-hydrogen) atoms. The lowest BCUT2D eigenvalue weighted by Gasteiger charge is -2.20. The molecule has 9 aromatic rings. The molecule has 0 aliphatic heterocycles. The van der Waals surface area contributed by atoms with Gasteiger partial charge < -0.3 is 4.42 Å². The molecule has 0 atom stereocenters. The number of fused-ring (bicyclic) bond motifs is 6. The highest BCUT2D eigenvalue weighted by atomic mass is 16.3. The summed E-state index contributed by atoms with van der Waals surface area (Å²) >= 11 is 0. The Balaban J connectivity index is 1.30. The van der Waals surface area contributed by atoms with Crippen molar-refractivity contribution in [2.75, 3.05) is 0 Å². The van der Waals surface area contributed by atoms with Gasteiger partial charge in [-0.25, -0.2) is 0 Å². The van der Waals surface area contributed by atoms with Crippen molar-refractivity contribution in [3.8, 4) is 33.4 Å². The van der Waals surface area contributed by atoms with E-state index in [4.69, 9.17) is 4.42 Å². The molecule has 0 bridgehead atoms. The highest BCUT2D eigenvalue weighted by Crippen LogP contribution is 2.47. The first-order valence-electron chi connectivity index (χ1n) is 16.5. The average molecular weight is 613 g/mol. The van der Waals surface area contributed by atoms with Crippen LogP contribution in [0.15, 0.2) is 169 Å². The van der Waals surface area contributed by atoms with Gasteiger partial charge in [-0.1, -0.05) is 146 Å². The second kappa shape index (κ2) is 11.3. The Labute approximate surface area is 279 Å². The molecular weight excluding hydrogens is 581 g/mol. The fourth-order valence-corrected chi connectivity index (χ4v) is 7.54. The Kier molecular flexibility index (Phi) is 6.59. The van der Waals surface area contributed by atoms with Crippen molar-refractivity contribution in [1.82, 2.24) is 0 Å². The summed E-state index contributed by atoms with van der Waals surface area (Å²) in [7, 11) is 0. The molecule has 0 saturated carbocycles. The molecule has 0 N–H and O–H groups in total. The van der Waals surface area contributed by atoms with E-state index in [0.717, 1.165) is 33.1 Å². The minimum absolute atomic E-state index is 0.899. The van der Waals surface area contributed by atoms with E-state index in [2.05, 4.69) is 165 Å². The van der Waals surface area contributed by atoms with Crippen LogP contribution in [0.5, 0.6) is 0 Å². The molecule has 1 aromatic heterocycles. The van der Waals surface area contributed by atoms with Gasteiger partial charge in [0.25, 0.3) is 0 Å². The van der Waals surface area contributed by atoms with E-state index in [1.54, 1.807) is 6.08 Å². The molecule has 0 spiro atoms. The standard InChI is InChI=1S/C47H32O/c1-3-4-13-31-24-26-42-43-29-35(25-27-44(43)48-47(42)30(31)2)45-38-18-9-11-20-40(38)46(41-21-12-10-19-39(41)45)37-17-8-7-16-36(37)34-23-22-32-14-5-6-15-33(32)28-34/h3-29H,1H2,2H3/b13-4-. The number of benzene rings is 8. The largest absolute Gasteiger partial charge is 0.456 e. The van der Waals surface area contributed by atoms with Crippen molar-refractivity contribution >= 4 is 60.3 Å². The molecule has 8 aromatic carbocycles. The zero-order valence-electron chi connectivity index (χ0n) is 26.7. The molecule has 1 heteroatoms. The van der Waals surface area contributed by atoms with Gasteiger partial charge >= 0.3 is 0 Å². The monoisotopic (exact) mass is 612 g/mol. The second-order valence-corrected chi connectivity index (χ2v) is 12.5. The van der Waals surface area contributed by atoms with Crippen LogP contribution in [0.1, 0.15) is 11.1 Å². The zero-order chi connectivity index (χ0) is 32.2. The highest BCUT2D eigenvalue weighted by molar-refractivity contribution is 6.23. The van der Waals surface area contributed by atoms with E-state index in [1.165, 1.54) is 65.7 Å². The molecule has 0 saturated heterocycles. The number of aryl methyl sites for hydroxylation is 1. The maximum Gasteiger partial charge on any atom is 0.138 e. The third-order valence-electron chi connectivity index (χ3n) is 9.82. The van der Waals surface area contributed by atoms with E-state index in [9.17, 15) is 0 Å². The van der Waals surface area contributed by atoms with Crippen LogP contribution in [0.25, 0.3) is 93.7 Å². The van der Waals surface area contributed by atoms with Crippen LogP contribution < -0.4 is 0 Å².